The molecular weight excluding hydrogens is 268 g/mol. The van der Waals surface area contributed by atoms with Gasteiger partial charge in [-0.2, -0.15) is 0 Å². The summed E-state index contributed by atoms with van der Waals surface area (Å²) < 4.78 is 4.84. The number of likely N-dealkylation sites (N-methyl/N-ethyl adjacent to an activating group) is 1. The number of benzene rings is 1. The van der Waals surface area contributed by atoms with Gasteiger partial charge in [0.05, 0.1) is 6.61 Å². The summed E-state index contributed by atoms with van der Waals surface area (Å²) in [6.45, 7) is 8.06. The Balaban J connectivity index is 2.72. The summed E-state index contributed by atoms with van der Waals surface area (Å²) >= 11 is 0. The molecule has 0 fully saturated rings. The molecule has 1 aromatic carbocycles. The van der Waals surface area contributed by atoms with Crippen molar-refractivity contribution in [1.82, 2.24) is 4.90 Å². The van der Waals surface area contributed by atoms with Crippen molar-refractivity contribution in [3.63, 3.8) is 0 Å². The Morgan fingerprint density at radius 2 is 1.62 bits per heavy atom. The SMILES string of the molecule is CCOC(=O)CN(C)C(=O)c1ccc(N(CC)CC)cc1. The van der Waals surface area contributed by atoms with Crippen LogP contribution < -0.4 is 4.90 Å². The minimum Gasteiger partial charge on any atom is -0.465 e. The lowest BCUT2D eigenvalue weighted by atomic mass is 10.1. The van der Waals surface area contributed by atoms with E-state index in [9.17, 15) is 9.59 Å². The van der Waals surface area contributed by atoms with E-state index in [1.807, 2.05) is 12.1 Å². The van der Waals surface area contributed by atoms with Crippen molar-refractivity contribution in [2.75, 3.05) is 38.2 Å². The first kappa shape index (κ1) is 17.0. The van der Waals surface area contributed by atoms with Crippen molar-refractivity contribution >= 4 is 17.6 Å². The van der Waals surface area contributed by atoms with E-state index in [2.05, 4.69) is 18.7 Å². The third-order valence-corrected chi connectivity index (χ3v) is 3.26. The number of hydrogen-bond donors (Lipinski definition) is 0. The highest BCUT2D eigenvalue weighted by molar-refractivity contribution is 5.96. The normalized spacial score (nSPS) is 10.1. The number of carbonyl (C=O) groups is 2. The molecule has 0 unspecified atom stereocenters. The van der Waals surface area contributed by atoms with Crippen molar-refractivity contribution in [2.45, 2.75) is 20.8 Å². The first-order valence-corrected chi connectivity index (χ1v) is 7.29. The van der Waals surface area contributed by atoms with Gasteiger partial charge in [-0.1, -0.05) is 0 Å². The van der Waals surface area contributed by atoms with Crippen molar-refractivity contribution in [2.24, 2.45) is 0 Å². The molecule has 0 bridgehead atoms. The standard InChI is InChI=1S/C16H24N2O3/c1-5-18(6-2)14-10-8-13(9-11-14)16(20)17(4)12-15(19)21-7-3/h8-11H,5-7,12H2,1-4H3. The van der Waals surface area contributed by atoms with E-state index in [1.54, 1.807) is 26.1 Å². The van der Waals surface area contributed by atoms with Gasteiger partial charge in [0.25, 0.3) is 5.91 Å². The predicted octanol–water partition coefficient (Wildman–Crippen LogP) is 2.17. The minimum absolute atomic E-state index is 0.0372. The second-order valence-electron chi connectivity index (χ2n) is 4.69. The first-order valence-electron chi connectivity index (χ1n) is 7.29. The van der Waals surface area contributed by atoms with E-state index in [4.69, 9.17) is 4.74 Å². The lowest BCUT2D eigenvalue weighted by Gasteiger charge is -2.21. The molecule has 0 aromatic heterocycles. The van der Waals surface area contributed by atoms with Crippen LogP contribution in [0.5, 0.6) is 0 Å². The molecule has 0 spiro atoms. The summed E-state index contributed by atoms with van der Waals surface area (Å²) in [5, 5.41) is 0. The summed E-state index contributed by atoms with van der Waals surface area (Å²) in [5.41, 5.74) is 1.65. The molecule has 0 N–H and O–H groups in total. The minimum atomic E-state index is -0.395. The number of carbonyl (C=O) groups excluding carboxylic acids is 2. The average Bonchev–Trinajstić information content (AvgIpc) is 2.48. The van der Waals surface area contributed by atoms with Crippen molar-refractivity contribution < 1.29 is 14.3 Å². The van der Waals surface area contributed by atoms with Gasteiger partial charge in [-0.25, -0.2) is 0 Å². The lowest BCUT2D eigenvalue weighted by molar-refractivity contribution is -0.143. The molecule has 0 aliphatic carbocycles. The highest BCUT2D eigenvalue weighted by Crippen LogP contribution is 2.15. The van der Waals surface area contributed by atoms with Gasteiger partial charge in [0, 0.05) is 31.4 Å². The Hall–Kier alpha value is -2.04. The molecule has 5 heteroatoms. The topological polar surface area (TPSA) is 49.9 Å². The fourth-order valence-electron chi connectivity index (χ4n) is 2.10. The fourth-order valence-corrected chi connectivity index (χ4v) is 2.10. The maximum Gasteiger partial charge on any atom is 0.325 e. The molecule has 0 aliphatic heterocycles. The summed E-state index contributed by atoms with van der Waals surface area (Å²) in [5.74, 6) is -0.581. The third-order valence-electron chi connectivity index (χ3n) is 3.26. The van der Waals surface area contributed by atoms with E-state index in [0.29, 0.717) is 12.2 Å². The van der Waals surface area contributed by atoms with Crippen molar-refractivity contribution in [1.29, 1.82) is 0 Å². The highest BCUT2D eigenvalue weighted by atomic mass is 16.5. The predicted molar refractivity (Wildman–Crippen MR) is 83.6 cm³/mol. The number of anilines is 1. The Bertz CT molecular complexity index is 467. The average molecular weight is 292 g/mol. The molecule has 21 heavy (non-hydrogen) atoms. The Morgan fingerprint density at radius 3 is 2.10 bits per heavy atom. The van der Waals surface area contributed by atoms with Gasteiger partial charge < -0.3 is 14.5 Å². The quantitative estimate of drug-likeness (QED) is 0.723. The first-order chi connectivity index (χ1) is 10.0. The number of rotatable bonds is 7. The molecular formula is C16H24N2O3. The molecule has 1 amide bonds. The molecule has 5 nitrogen and oxygen atoms in total. The van der Waals surface area contributed by atoms with Crippen LogP contribution in [-0.4, -0.2) is 50.1 Å². The van der Waals surface area contributed by atoms with Crippen LogP contribution in [0.3, 0.4) is 0 Å². The second kappa shape index (κ2) is 8.29. The van der Waals surface area contributed by atoms with E-state index >= 15 is 0 Å². The highest BCUT2D eigenvalue weighted by Gasteiger charge is 2.15. The van der Waals surface area contributed by atoms with E-state index < -0.39 is 5.97 Å². The van der Waals surface area contributed by atoms with E-state index in [-0.39, 0.29) is 12.5 Å². The van der Waals surface area contributed by atoms with Crippen LogP contribution in [0, 0.1) is 0 Å². The Kier molecular flexibility index (Phi) is 6.72. The van der Waals surface area contributed by atoms with Crippen LogP contribution in [-0.2, 0) is 9.53 Å². The van der Waals surface area contributed by atoms with Crippen LogP contribution in [0.2, 0.25) is 0 Å². The lowest BCUT2D eigenvalue weighted by Crippen LogP contribution is -2.33. The molecule has 1 rings (SSSR count). The monoisotopic (exact) mass is 292 g/mol. The zero-order valence-corrected chi connectivity index (χ0v) is 13.3. The summed E-state index contributed by atoms with van der Waals surface area (Å²) in [6.07, 6.45) is 0. The van der Waals surface area contributed by atoms with Crippen LogP contribution >= 0.6 is 0 Å². The van der Waals surface area contributed by atoms with Crippen LogP contribution in [0.1, 0.15) is 31.1 Å². The van der Waals surface area contributed by atoms with Gasteiger partial charge in [-0.05, 0) is 45.0 Å². The zero-order chi connectivity index (χ0) is 15.8. The number of nitrogens with zero attached hydrogens (tertiary/aromatic N) is 2. The van der Waals surface area contributed by atoms with Gasteiger partial charge in [0.1, 0.15) is 6.54 Å². The molecule has 116 valence electrons. The van der Waals surface area contributed by atoms with Gasteiger partial charge in [-0.3, -0.25) is 9.59 Å². The molecule has 0 aliphatic rings. The van der Waals surface area contributed by atoms with E-state index in [1.165, 1.54) is 4.90 Å². The maximum absolute atomic E-state index is 12.2. The molecule has 0 saturated carbocycles. The van der Waals surface area contributed by atoms with Crippen molar-refractivity contribution in [3.8, 4) is 0 Å². The number of ether oxygens (including phenoxy) is 1. The number of esters is 1. The van der Waals surface area contributed by atoms with Crippen LogP contribution in [0.15, 0.2) is 24.3 Å². The molecule has 0 radical (unpaired) electrons. The maximum atomic E-state index is 12.2. The number of amides is 1. The van der Waals surface area contributed by atoms with Crippen molar-refractivity contribution in [3.05, 3.63) is 29.8 Å². The zero-order valence-electron chi connectivity index (χ0n) is 13.3. The second-order valence-corrected chi connectivity index (χ2v) is 4.69. The Labute approximate surface area is 126 Å². The molecule has 0 heterocycles. The van der Waals surface area contributed by atoms with Gasteiger partial charge in [-0.15, -0.1) is 0 Å². The number of hydrogen-bond acceptors (Lipinski definition) is 4. The largest absolute Gasteiger partial charge is 0.465 e. The van der Waals surface area contributed by atoms with Crippen LogP contribution in [0.4, 0.5) is 5.69 Å². The summed E-state index contributed by atoms with van der Waals surface area (Å²) in [7, 11) is 1.59. The third kappa shape index (κ3) is 4.77. The van der Waals surface area contributed by atoms with Crippen LogP contribution in [0.25, 0.3) is 0 Å². The Morgan fingerprint density at radius 1 is 1.05 bits per heavy atom. The summed E-state index contributed by atoms with van der Waals surface area (Å²) in [4.78, 5) is 27.2. The van der Waals surface area contributed by atoms with Gasteiger partial charge in [0.15, 0.2) is 0 Å². The smallest absolute Gasteiger partial charge is 0.325 e. The van der Waals surface area contributed by atoms with Gasteiger partial charge in [0.2, 0.25) is 0 Å². The van der Waals surface area contributed by atoms with Gasteiger partial charge >= 0.3 is 5.97 Å². The fraction of sp³-hybridized carbons (Fsp3) is 0.500. The molecule has 1 aromatic rings. The molecule has 0 atom stereocenters. The summed E-state index contributed by atoms with van der Waals surface area (Å²) in [6, 6.07) is 7.44. The van der Waals surface area contributed by atoms with E-state index in [0.717, 1.165) is 18.8 Å². The molecule has 0 saturated heterocycles.